The standard InChI is InChI=1S/C12H15Br2NO.ClH/c13-8-5-9(14)11(10(16)6-8)12(15)7-3-1-2-4-7;/h5-7,12,16H,1-4,15H2;1H/t12-;/m1./s1. The Kier molecular flexibility index (Phi) is 5.77. The first kappa shape index (κ1) is 15.3. The summed E-state index contributed by atoms with van der Waals surface area (Å²) in [5, 5.41) is 9.96. The Morgan fingerprint density at radius 1 is 1.24 bits per heavy atom. The molecular formula is C12H16Br2ClNO. The van der Waals surface area contributed by atoms with Crippen molar-refractivity contribution >= 4 is 44.3 Å². The molecule has 3 N–H and O–H groups in total. The van der Waals surface area contributed by atoms with E-state index in [1.54, 1.807) is 6.07 Å². The summed E-state index contributed by atoms with van der Waals surface area (Å²) in [5.41, 5.74) is 7.09. The number of nitrogens with two attached hydrogens (primary N) is 1. The topological polar surface area (TPSA) is 46.2 Å². The van der Waals surface area contributed by atoms with Crippen molar-refractivity contribution in [3.63, 3.8) is 0 Å². The molecule has 5 heteroatoms. The van der Waals surface area contributed by atoms with Crippen molar-refractivity contribution in [1.82, 2.24) is 0 Å². The van der Waals surface area contributed by atoms with Crippen molar-refractivity contribution in [3.8, 4) is 5.75 Å². The Bertz CT molecular complexity index is 371. The summed E-state index contributed by atoms with van der Waals surface area (Å²) in [4.78, 5) is 0. The summed E-state index contributed by atoms with van der Waals surface area (Å²) in [6.07, 6.45) is 4.85. The summed E-state index contributed by atoms with van der Waals surface area (Å²) >= 11 is 6.82. The minimum atomic E-state index is -0.0648. The van der Waals surface area contributed by atoms with Crippen molar-refractivity contribution < 1.29 is 5.11 Å². The molecule has 1 aromatic carbocycles. The number of hydrogen-bond donors (Lipinski definition) is 2. The van der Waals surface area contributed by atoms with Gasteiger partial charge in [0.25, 0.3) is 0 Å². The zero-order valence-corrected chi connectivity index (χ0v) is 13.3. The molecule has 1 atom stereocenters. The van der Waals surface area contributed by atoms with Gasteiger partial charge in [-0.15, -0.1) is 12.4 Å². The van der Waals surface area contributed by atoms with Gasteiger partial charge in [-0.1, -0.05) is 44.7 Å². The molecule has 0 spiro atoms. The maximum Gasteiger partial charge on any atom is 0.122 e. The Labute approximate surface area is 125 Å². The molecule has 0 heterocycles. The maximum atomic E-state index is 9.96. The summed E-state index contributed by atoms with van der Waals surface area (Å²) in [6.45, 7) is 0. The van der Waals surface area contributed by atoms with Gasteiger partial charge in [0, 0.05) is 20.6 Å². The lowest BCUT2D eigenvalue weighted by Crippen LogP contribution is -2.19. The zero-order chi connectivity index (χ0) is 11.7. The van der Waals surface area contributed by atoms with Gasteiger partial charge in [-0.25, -0.2) is 0 Å². The van der Waals surface area contributed by atoms with Crippen molar-refractivity contribution in [2.24, 2.45) is 11.7 Å². The highest BCUT2D eigenvalue weighted by Crippen LogP contribution is 2.41. The average molecular weight is 386 g/mol. The normalized spacial score (nSPS) is 17.8. The molecule has 0 amide bonds. The van der Waals surface area contributed by atoms with Crippen molar-refractivity contribution in [1.29, 1.82) is 0 Å². The molecule has 0 bridgehead atoms. The van der Waals surface area contributed by atoms with Crippen LogP contribution in [-0.2, 0) is 0 Å². The number of rotatable bonds is 2. The summed E-state index contributed by atoms with van der Waals surface area (Å²) in [6, 6.07) is 3.57. The summed E-state index contributed by atoms with van der Waals surface area (Å²) < 4.78 is 1.75. The molecule has 17 heavy (non-hydrogen) atoms. The number of aromatic hydroxyl groups is 1. The van der Waals surface area contributed by atoms with E-state index in [1.165, 1.54) is 25.7 Å². The van der Waals surface area contributed by atoms with Gasteiger partial charge in [-0.2, -0.15) is 0 Å². The Morgan fingerprint density at radius 3 is 2.35 bits per heavy atom. The predicted octanol–water partition coefficient (Wildman–Crippen LogP) is 4.53. The van der Waals surface area contributed by atoms with Crippen LogP contribution in [0.4, 0.5) is 0 Å². The van der Waals surface area contributed by atoms with Crippen LogP contribution in [0.25, 0.3) is 0 Å². The molecule has 0 radical (unpaired) electrons. The van der Waals surface area contributed by atoms with Gasteiger partial charge in [-0.3, -0.25) is 0 Å². The van der Waals surface area contributed by atoms with Crippen LogP contribution in [0.2, 0.25) is 0 Å². The van der Waals surface area contributed by atoms with Crippen LogP contribution in [0.5, 0.6) is 5.75 Å². The smallest absolute Gasteiger partial charge is 0.122 e. The highest BCUT2D eigenvalue weighted by Gasteiger charge is 2.26. The van der Waals surface area contributed by atoms with E-state index in [4.69, 9.17) is 5.73 Å². The molecule has 1 saturated carbocycles. The fourth-order valence-corrected chi connectivity index (χ4v) is 3.92. The van der Waals surface area contributed by atoms with Crippen LogP contribution in [0.3, 0.4) is 0 Å². The van der Waals surface area contributed by atoms with E-state index in [1.807, 2.05) is 6.07 Å². The van der Waals surface area contributed by atoms with Crippen LogP contribution in [0, 0.1) is 5.92 Å². The molecule has 0 aliphatic heterocycles. The van der Waals surface area contributed by atoms with E-state index in [2.05, 4.69) is 31.9 Å². The molecule has 1 fully saturated rings. The second-order valence-electron chi connectivity index (χ2n) is 4.39. The molecule has 96 valence electrons. The van der Waals surface area contributed by atoms with E-state index >= 15 is 0 Å². The van der Waals surface area contributed by atoms with E-state index in [9.17, 15) is 5.11 Å². The van der Waals surface area contributed by atoms with Gasteiger partial charge in [-0.05, 0) is 30.9 Å². The molecule has 0 unspecified atom stereocenters. The Hall–Kier alpha value is 0.230. The van der Waals surface area contributed by atoms with Crippen LogP contribution in [0.15, 0.2) is 21.1 Å². The Morgan fingerprint density at radius 2 is 1.82 bits per heavy atom. The summed E-state index contributed by atoms with van der Waals surface area (Å²) in [7, 11) is 0. The average Bonchev–Trinajstić information content (AvgIpc) is 2.67. The van der Waals surface area contributed by atoms with Crippen LogP contribution in [-0.4, -0.2) is 5.11 Å². The molecule has 0 saturated heterocycles. The Balaban J connectivity index is 0.00000144. The quantitative estimate of drug-likeness (QED) is 0.786. The van der Waals surface area contributed by atoms with E-state index in [0.29, 0.717) is 5.92 Å². The van der Waals surface area contributed by atoms with Gasteiger partial charge in [0.05, 0.1) is 0 Å². The van der Waals surface area contributed by atoms with Gasteiger partial charge in [0.1, 0.15) is 5.75 Å². The second kappa shape index (κ2) is 6.41. The summed E-state index contributed by atoms with van der Waals surface area (Å²) in [5.74, 6) is 0.782. The van der Waals surface area contributed by atoms with Crippen molar-refractivity contribution in [2.45, 2.75) is 31.7 Å². The lowest BCUT2D eigenvalue weighted by atomic mass is 9.92. The highest BCUT2D eigenvalue weighted by molar-refractivity contribution is 9.11. The minimum absolute atomic E-state index is 0. The lowest BCUT2D eigenvalue weighted by Gasteiger charge is -2.21. The predicted molar refractivity (Wildman–Crippen MR) is 79.6 cm³/mol. The third-order valence-corrected chi connectivity index (χ3v) is 4.43. The molecule has 1 aliphatic carbocycles. The number of phenols is 1. The van der Waals surface area contributed by atoms with Crippen LogP contribution >= 0.6 is 44.3 Å². The molecule has 2 rings (SSSR count). The van der Waals surface area contributed by atoms with Crippen molar-refractivity contribution in [2.75, 3.05) is 0 Å². The monoisotopic (exact) mass is 383 g/mol. The SMILES string of the molecule is Cl.N[C@@H](c1c(O)cc(Br)cc1Br)C1CCCC1. The van der Waals surface area contributed by atoms with Gasteiger partial charge < -0.3 is 10.8 Å². The van der Waals surface area contributed by atoms with E-state index < -0.39 is 0 Å². The van der Waals surface area contributed by atoms with E-state index in [0.717, 1.165) is 14.5 Å². The van der Waals surface area contributed by atoms with Crippen molar-refractivity contribution in [3.05, 3.63) is 26.6 Å². The van der Waals surface area contributed by atoms with Gasteiger partial charge in [0.2, 0.25) is 0 Å². The number of hydrogen-bond acceptors (Lipinski definition) is 2. The fourth-order valence-electron chi connectivity index (χ4n) is 2.45. The molecule has 1 aromatic rings. The number of halogens is 3. The first-order valence-electron chi connectivity index (χ1n) is 5.53. The third kappa shape index (κ3) is 3.37. The van der Waals surface area contributed by atoms with Crippen LogP contribution in [0.1, 0.15) is 37.3 Å². The highest BCUT2D eigenvalue weighted by atomic mass is 79.9. The lowest BCUT2D eigenvalue weighted by molar-refractivity contribution is 0.411. The third-order valence-electron chi connectivity index (χ3n) is 3.31. The first-order valence-corrected chi connectivity index (χ1v) is 7.11. The molecule has 1 aliphatic rings. The first-order chi connectivity index (χ1) is 7.59. The number of benzene rings is 1. The maximum absolute atomic E-state index is 9.96. The molecule has 2 nitrogen and oxygen atoms in total. The zero-order valence-electron chi connectivity index (χ0n) is 9.33. The second-order valence-corrected chi connectivity index (χ2v) is 6.16. The molecular weight excluding hydrogens is 369 g/mol. The largest absolute Gasteiger partial charge is 0.508 e. The molecule has 0 aromatic heterocycles. The number of phenolic OH excluding ortho intramolecular Hbond substituents is 1. The van der Waals surface area contributed by atoms with E-state index in [-0.39, 0.29) is 24.2 Å². The van der Waals surface area contributed by atoms with Gasteiger partial charge in [0.15, 0.2) is 0 Å². The minimum Gasteiger partial charge on any atom is -0.508 e. The van der Waals surface area contributed by atoms with Crippen LogP contribution < -0.4 is 5.73 Å². The van der Waals surface area contributed by atoms with Gasteiger partial charge >= 0.3 is 0 Å². The fraction of sp³-hybridized carbons (Fsp3) is 0.500.